The van der Waals surface area contributed by atoms with Crippen LogP contribution in [-0.2, 0) is 5.75 Å². The number of anilines is 2. The van der Waals surface area contributed by atoms with Crippen molar-refractivity contribution in [1.82, 2.24) is 14.5 Å². The molecular weight excluding hydrogens is 722 g/mol. The number of thioether (sulfide) groups is 1. The normalized spacial score (nSPS) is 11.7. The van der Waals surface area contributed by atoms with Gasteiger partial charge in [-0.2, -0.15) is 0 Å². The number of imidazole rings is 1. The summed E-state index contributed by atoms with van der Waals surface area (Å²) >= 11 is 1.11. The van der Waals surface area contributed by atoms with Gasteiger partial charge in [0.05, 0.1) is 45.9 Å². The first-order valence-electron chi connectivity index (χ1n) is 17.1. The first-order valence-corrected chi connectivity index (χ1v) is 18.1. The summed E-state index contributed by atoms with van der Waals surface area (Å²) in [5.74, 6) is -0.698. The smallest absolute Gasteiger partial charge is 0.253 e. The average Bonchev–Trinajstić information content (AvgIpc) is 3.62. The Labute approximate surface area is 316 Å². The van der Waals surface area contributed by atoms with Crippen LogP contribution in [0.1, 0.15) is 35.2 Å². The largest absolute Gasteiger partial charge is 0.494 e. The van der Waals surface area contributed by atoms with Crippen molar-refractivity contribution in [1.29, 1.82) is 0 Å². The number of aromatic nitrogens is 2. The third kappa shape index (κ3) is 9.12. The highest BCUT2D eigenvalue weighted by molar-refractivity contribution is 7.98. The molecule has 1 heterocycles. The summed E-state index contributed by atoms with van der Waals surface area (Å²) in [4.78, 5) is 20.9. The Balaban J connectivity index is 1.36. The second-order valence-corrected chi connectivity index (χ2v) is 13.4. The average molecular weight is 765 g/mol. The van der Waals surface area contributed by atoms with Gasteiger partial charge in [-0.05, 0) is 78.9 Å². The van der Waals surface area contributed by atoms with Gasteiger partial charge in [0.2, 0.25) is 0 Å². The molecule has 0 spiro atoms. The first kappa shape index (κ1) is 40.0. The second kappa shape index (κ2) is 18.2. The Kier molecular flexibility index (Phi) is 13.5. The van der Waals surface area contributed by atoms with E-state index in [1.165, 1.54) is 38.5 Å². The van der Waals surface area contributed by atoms with Crippen LogP contribution >= 0.6 is 11.8 Å². The molecule has 5 aromatic rings. The predicted octanol–water partition coefficient (Wildman–Crippen LogP) is 7.64. The summed E-state index contributed by atoms with van der Waals surface area (Å²) in [7, 11) is 7.94. The lowest BCUT2D eigenvalue weighted by molar-refractivity contribution is 0.0771. The quantitative estimate of drug-likeness (QED) is 0.0730. The molecule has 14 heteroatoms. The number of benzene rings is 4. The maximum Gasteiger partial charge on any atom is 0.253 e. The molecule has 10 nitrogen and oxygen atoms in total. The molecule has 54 heavy (non-hydrogen) atoms. The van der Waals surface area contributed by atoms with Crippen molar-refractivity contribution in [2.75, 3.05) is 53.5 Å². The molecule has 0 aliphatic heterocycles. The van der Waals surface area contributed by atoms with E-state index >= 15 is 8.78 Å². The minimum absolute atomic E-state index is 0.0146. The number of carbonyl (C=O) groups is 1. The summed E-state index contributed by atoms with van der Waals surface area (Å²) in [5, 5.41) is 18.8. The van der Waals surface area contributed by atoms with E-state index in [0.29, 0.717) is 70.7 Å². The molecule has 5 rings (SSSR count). The molecule has 1 atom stereocenters. The zero-order chi connectivity index (χ0) is 38.9. The van der Waals surface area contributed by atoms with Gasteiger partial charge in [-0.3, -0.25) is 9.36 Å². The number of rotatable bonds is 17. The van der Waals surface area contributed by atoms with Crippen LogP contribution in [0.2, 0.25) is 0 Å². The van der Waals surface area contributed by atoms with Crippen LogP contribution in [0, 0.1) is 17.5 Å². The number of aliphatic hydroxyl groups is 2. The fourth-order valence-electron chi connectivity index (χ4n) is 5.85. The molecule has 0 saturated heterocycles. The number of aliphatic hydroxyl groups excluding tert-OH is 2. The number of methoxy groups -OCH3 is 3. The molecule has 2 N–H and O–H groups in total. The Hall–Kier alpha value is -5.18. The lowest BCUT2D eigenvalue weighted by atomic mass is 10.0. The van der Waals surface area contributed by atoms with Crippen molar-refractivity contribution in [3.05, 3.63) is 108 Å². The maximum atomic E-state index is 15.6. The summed E-state index contributed by atoms with van der Waals surface area (Å²) in [5.41, 5.74) is 2.36. The van der Waals surface area contributed by atoms with Crippen LogP contribution in [0.15, 0.2) is 84.1 Å². The molecule has 0 aliphatic carbocycles. The van der Waals surface area contributed by atoms with Crippen molar-refractivity contribution < 1.29 is 42.4 Å². The zero-order valence-corrected chi connectivity index (χ0v) is 31.5. The van der Waals surface area contributed by atoms with Crippen LogP contribution in [0.5, 0.6) is 17.2 Å². The zero-order valence-electron chi connectivity index (χ0n) is 30.7. The van der Waals surface area contributed by atoms with Gasteiger partial charge in [0.25, 0.3) is 5.91 Å². The van der Waals surface area contributed by atoms with Crippen LogP contribution in [-0.4, -0.2) is 85.3 Å². The molecule has 1 aromatic heterocycles. The summed E-state index contributed by atoms with van der Waals surface area (Å²) < 4.78 is 63.6. The van der Waals surface area contributed by atoms with Crippen LogP contribution in [0.3, 0.4) is 0 Å². The summed E-state index contributed by atoms with van der Waals surface area (Å²) in [6.45, 7) is 0.184. The molecule has 0 radical (unpaired) electrons. The van der Waals surface area contributed by atoms with Gasteiger partial charge in [-0.15, -0.1) is 0 Å². The molecule has 0 bridgehead atoms. The number of halogens is 3. The Morgan fingerprint density at radius 1 is 0.833 bits per heavy atom. The monoisotopic (exact) mass is 764 g/mol. The second-order valence-electron chi connectivity index (χ2n) is 12.5. The van der Waals surface area contributed by atoms with Gasteiger partial charge in [-0.1, -0.05) is 23.9 Å². The molecule has 0 saturated carbocycles. The fourth-order valence-corrected chi connectivity index (χ4v) is 6.86. The van der Waals surface area contributed by atoms with Gasteiger partial charge in [0.15, 0.2) is 28.2 Å². The fraction of sp³-hybridized carbons (Fsp3) is 0.300. The summed E-state index contributed by atoms with van der Waals surface area (Å²) in [6, 6.07) is 18.8. The highest BCUT2D eigenvalue weighted by atomic mass is 32.2. The number of nitrogens with zero attached hydrogens (tertiary/aromatic N) is 4. The van der Waals surface area contributed by atoms with E-state index in [0.717, 1.165) is 17.4 Å². The number of amides is 1. The van der Waals surface area contributed by atoms with Gasteiger partial charge in [0.1, 0.15) is 17.5 Å². The highest BCUT2D eigenvalue weighted by Gasteiger charge is 2.22. The highest BCUT2D eigenvalue weighted by Crippen LogP contribution is 2.38. The van der Waals surface area contributed by atoms with Crippen molar-refractivity contribution in [3.8, 4) is 34.1 Å². The van der Waals surface area contributed by atoms with Crippen molar-refractivity contribution >= 4 is 29.2 Å². The Bertz CT molecular complexity index is 2040. The van der Waals surface area contributed by atoms with Crippen LogP contribution in [0.4, 0.5) is 24.7 Å². The number of carbonyl (C=O) groups excluding carboxylic acids is 1. The molecule has 286 valence electrons. The minimum atomic E-state index is -0.763. The van der Waals surface area contributed by atoms with E-state index in [9.17, 15) is 14.3 Å². The Morgan fingerprint density at radius 3 is 2.17 bits per heavy atom. The minimum Gasteiger partial charge on any atom is -0.494 e. The lowest BCUT2D eigenvalue weighted by Gasteiger charge is -2.23. The molecule has 0 aliphatic rings. The van der Waals surface area contributed by atoms with E-state index in [-0.39, 0.29) is 29.6 Å². The molecule has 4 aromatic carbocycles. The Morgan fingerprint density at radius 2 is 1.52 bits per heavy atom. The van der Waals surface area contributed by atoms with Crippen LogP contribution in [0.25, 0.3) is 16.8 Å². The number of ether oxygens (including phenoxy) is 3. The molecule has 0 fully saturated rings. The van der Waals surface area contributed by atoms with E-state index < -0.39 is 23.6 Å². The maximum absolute atomic E-state index is 15.6. The molecule has 1 amide bonds. The standard InChI is InChI=1S/C40H43F3N4O6S/c1-45(17-7-6-8-30(49)23-48)39(50)26-11-9-25(10-12-26)27-18-33(42)31(34(43)19-27)24-54-40-44-22-38(47(40)29-13-15-32(41)36(21-29)52-4)46(2)28-14-16-35(51-3)37(20-28)53-5/h9-16,18-22,30,48-49H,6-8,17,23-24H2,1-5H3. The number of hydrogen-bond acceptors (Lipinski definition) is 9. The predicted molar refractivity (Wildman–Crippen MR) is 203 cm³/mol. The molecular formula is C40H43F3N4O6S. The summed E-state index contributed by atoms with van der Waals surface area (Å²) in [6.07, 6.45) is 2.63. The third-order valence-electron chi connectivity index (χ3n) is 8.99. The number of unbranched alkanes of at least 4 members (excludes halogenated alkanes) is 1. The van der Waals surface area contributed by atoms with Crippen molar-refractivity contribution in [3.63, 3.8) is 0 Å². The third-order valence-corrected chi connectivity index (χ3v) is 9.97. The van der Waals surface area contributed by atoms with E-state index in [1.54, 1.807) is 72.3 Å². The van der Waals surface area contributed by atoms with E-state index in [2.05, 4.69) is 4.98 Å². The van der Waals surface area contributed by atoms with Gasteiger partial charge < -0.3 is 34.2 Å². The van der Waals surface area contributed by atoms with Crippen molar-refractivity contribution in [2.24, 2.45) is 0 Å². The molecule has 1 unspecified atom stereocenters. The van der Waals surface area contributed by atoms with E-state index in [1.807, 2.05) is 18.0 Å². The van der Waals surface area contributed by atoms with Crippen LogP contribution < -0.4 is 19.1 Å². The van der Waals surface area contributed by atoms with Gasteiger partial charge >= 0.3 is 0 Å². The SMILES string of the molecule is COc1cc(-n2c(N(C)c3ccc(OC)c(OC)c3)cnc2SCc2c(F)cc(-c3ccc(C(=O)N(C)CCCCC(O)CO)cc3)cc2F)ccc1F. The first-order chi connectivity index (χ1) is 26.0. The lowest BCUT2D eigenvalue weighted by Crippen LogP contribution is -2.27. The van der Waals surface area contributed by atoms with E-state index in [4.69, 9.17) is 19.3 Å². The van der Waals surface area contributed by atoms with Crippen molar-refractivity contribution in [2.45, 2.75) is 36.3 Å². The topological polar surface area (TPSA) is 110 Å². The van der Waals surface area contributed by atoms with Gasteiger partial charge in [-0.25, -0.2) is 18.2 Å². The van der Waals surface area contributed by atoms with Gasteiger partial charge in [0, 0.05) is 55.3 Å². The number of hydrogen-bond donors (Lipinski definition) is 2.